The van der Waals surface area contributed by atoms with Crippen LogP contribution in [0.1, 0.15) is 12.8 Å². The largest absolute Gasteiger partial charge is 0.358 e. The normalized spacial score (nSPS) is 16.1. The number of carbonyl (C=O) groups excluding carboxylic acids is 1. The van der Waals surface area contributed by atoms with Crippen molar-refractivity contribution in [3.8, 4) is 0 Å². The molecule has 0 bridgehead atoms. The van der Waals surface area contributed by atoms with Crippen LogP contribution in [0.15, 0.2) is 29.1 Å². The maximum atomic E-state index is 12.2. The molecule has 0 aliphatic carbocycles. The van der Waals surface area contributed by atoms with E-state index >= 15 is 0 Å². The zero-order valence-corrected chi connectivity index (χ0v) is 14.8. The molecule has 0 radical (unpaired) electrons. The highest BCUT2D eigenvalue weighted by Gasteiger charge is 2.22. The molecule has 134 valence electrons. The summed E-state index contributed by atoms with van der Waals surface area (Å²) in [6.07, 6.45) is 2.08. The van der Waals surface area contributed by atoms with Crippen molar-refractivity contribution >= 4 is 22.8 Å². The van der Waals surface area contributed by atoms with E-state index in [1.807, 2.05) is 30.1 Å². The third kappa shape index (κ3) is 4.17. The Balaban J connectivity index is 1.61. The fraction of sp³-hybridized carbons (Fsp3) is 0.500. The number of aromatic amines is 1. The number of para-hydroxylation sites is 1. The fourth-order valence-electron chi connectivity index (χ4n) is 3.34. The van der Waals surface area contributed by atoms with E-state index in [-0.39, 0.29) is 11.5 Å². The summed E-state index contributed by atoms with van der Waals surface area (Å²) in [5, 5.41) is 3.28. The Morgan fingerprint density at radius 2 is 2.08 bits per heavy atom. The van der Waals surface area contributed by atoms with E-state index < -0.39 is 0 Å². The van der Waals surface area contributed by atoms with E-state index in [0.717, 1.165) is 32.5 Å². The highest BCUT2D eigenvalue weighted by atomic mass is 16.2. The minimum atomic E-state index is -0.104. The number of piperidine rings is 1. The second-order valence-corrected chi connectivity index (χ2v) is 6.68. The van der Waals surface area contributed by atoms with Gasteiger partial charge in [-0.25, -0.2) is 4.98 Å². The molecule has 1 aliphatic heterocycles. The van der Waals surface area contributed by atoms with Gasteiger partial charge in [-0.05, 0) is 44.0 Å². The third-order valence-electron chi connectivity index (χ3n) is 4.85. The highest BCUT2D eigenvalue weighted by Crippen LogP contribution is 2.20. The number of likely N-dealkylation sites (tertiary alicyclic amines) is 1. The first kappa shape index (κ1) is 17.4. The van der Waals surface area contributed by atoms with Gasteiger partial charge in [0, 0.05) is 20.6 Å². The molecule has 2 N–H and O–H groups in total. The molecule has 2 aromatic rings. The van der Waals surface area contributed by atoms with E-state index in [9.17, 15) is 9.59 Å². The van der Waals surface area contributed by atoms with E-state index in [1.54, 1.807) is 13.1 Å². The Hall–Kier alpha value is -2.41. The van der Waals surface area contributed by atoms with Gasteiger partial charge in [0.15, 0.2) is 0 Å². The molecule has 7 heteroatoms. The molecule has 3 rings (SSSR count). The molecule has 7 nitrogen and oxygen atoms in total. The molecule has 2 heterocycles. The summed E-state index contributed by atoms with van der Waals surface area (Å²) in [6.45, 7) is 3.16. The minimum Gasteiger partial charge on any atom is -0.358 e. The van der Waals surface area contributed by atoms with Crippen LogP contribution in [0.3, 0.4) is 0 Å². The van der Waals surface area contributed by atoms with Crippen LogP contribution in [-0.4, -0.2) is 61.0 Å². The predicted molar refractivity (Wildman–Crippen MR) is 98.9 cm³/mol. The Morgan fingerprint density at radius 3 is 2.80 bits per heavy atom. The van der Waals surface area contributed by atoms with Crippen LogP contribution in [-0.2, 0) is 4.79 Å². The Kier molecular flexibility index (Phi) is 5.33. The second-order valence-electron chi connectivity index (χ2n) is 6.68. The van der Waals surface area contributed by atoms with Crippen molar-refractivity contribution in [2.24, 2.45) is 5.92 Å². The second kappa shape index (κ2) is 7.65. The summed E-state index contributed by atoms with van der Waals surface area (Å²) in [6, 6.07) is 7.38. The maximum absolute atomic E-state index is 12.2. The fourth-order valence-corrected chi connectivity index (χ4v) is 3.34. The summed E-state index contributed by atoms with van der Waals surface area (Å²) in [5.74, 6) is 1.20. The van der Waals surface area contributed by atoms with Crippen molar-refractivity contribution in [1.82, 2.24) is 20.2 Å². The van der Waals surface area contributed by atoms with E-state index in [2.05, 4.69) is 20.2 Å². The van der Waals surface area contributed by atoms with Gasteiger partial charge in [0.2, 0.25) is 11.9 Å². The summed E-state index contributed by atoms with van der Waals surface area (Å²) < 4.78 is 0. The van der Waals surface area contributed by atoms with E-state index in [0.29, 0.717) is 29.3 Å². The number of nitrogens with one attached hydrogen (secondary N) is 2. The number of anilines is 1. The number of hydrogen-bond donors (Lipinski definition) is 2. The van der Waals surface area contributed by atoms with Gasteiger partial charge in [0.1, 0.15) is 0 Å². The monoisotopic (exact) mass is 343 g/mol. The number of likely N-dealkylation sites (N-methyl/N-ethyl adjacent to an activating group) is 1. The Morgan fingerprint density at radius 1 is 1.36 bits per heavy atom. The number of benzene rings is 1. The number of hydrogen-bond acceptors (Lipinski definition) is 5. The molecule has 1 aliphatic rings. The van der Waals surface area contributed by atoms with Crippen LogP contribution < -0.4 is 15.8 Å². The molecule has 1 amide bonds. The first-order valence-corrected chi connectivity index (χ1v) is 8.70. The predicted octanol–water partition coefficient (Wildman–Crippen LogP) is 0.817. The van der Waals surface area contributed by atoms with E-state index in [1.165, 1.54) is 0 Å². The van der Waals surface area contributed by atoms with Crippen molar-refractivity contribution in [2.75, 3.05) is 45.2 Å². The SMILES string of the molecule is CNC(=O)CN1CCC(CN(C)c2nc3ccccc3c(=O)[nH]2)CC1. The van der Waals surface area contributed by atoms with Crippen LogP contribution in [0, 0.1) is 5.92 Å². The summed E-state index contributed by atoms with van der Waals surface area (Å²) >= 11 is 0. The highest BCUT2D eigenvalue weighted by molar-refractivity contribution is 5.78. The van der Waals surface area contributed by atoms with Gasteiger partial charge < -0.3 is 10.2 Å². The van der Waals surface area contributed by atoms with Gasteiger partial charge in [-0.2, -0.15) is 0 Å². The molecule has 0 spiro atoms. The summed E-state index contributed by atoms with van der Waals surface area (Å²) in [4.78, 5) is 35.3. The third-order valence-corrected chi connectivity index (χ3v) is 4.85. The van der Waals surface area contributed by atoms with Gasteiger partial charge >= 0.3 is 0 Å². The minimum absolute atomic E-state index is 0.0634. The molecule has 25 heavy (non-hydrogen) atoms. The van der Waals surface area contributed by atoms with Crippen LogP contribution in [0.4, 0.5) is 5.95 Å². The summed E-state index contributed by atoms with van der Waals surface area (Å²) in [7, 11) is 3.63. The Bertz CT molecular complexity index is 795. The van der Waals surface area contributed by atoms with E-state index in [4.69, 9.17) is 0 Å². The van der Waals surface area contributed by atoms with Crippen LogP contribution in [0.5, 0.6) is 0 Å². The molecule has 1 fully saturated rings. The van der Waals surface area contributed by atoms with Gasteiger partial charge in [0.25, 0.3) is 5.56 Å². The smallest absolute Gasteiger partial charge is 0.260 e. The van der Waals surface area contributed by atoms with Crippen LogP contribution in [0.2, 0.25) is 0 Å². The average Bonchev–Trinajstić information content (AvgIpc) is 2.63. The van der Waals surface area contributed by atoms with Crippen LogP contribution >= 0.6 is 0 Å². The number of rotatable bonds is 5. The summed E-state index contributed by atoms with van der Waals surface area (Å²) in [5.41, 5.74) is 0.612. The van der Waals surface area contributed by atoms with Gasteiger partial charge in [-0.3, -0.25) is 19.5 Å². The molecule has 0 saturated carbocycles. The van der Waals surface area contributed by atoms with Gasteiger partial charge in [0.05, 0.1) is 17.4 Å². The average molecular weight is 343 g/mol. The molecule has 1 aromatic carbocycles. The lowest BCUT2D eigenvalue weighted by Crippen LogP contribution is -2.42. The van der Waals surface area contributed by atoms with Crippen LogP contribution in [0.25, 0.3) is 10.9 Å². The number of amides is 1. The van der Waals surface area contributed by atoms with Crippen molar-refractivity contribution < 1.29 is 4.79 Å². The molecule has 0 unspecified atom stereocenters. The zero-order chi connectivity index (χ0) is 17.8. The lowest BCUT2D eigenvalue weighted by molar-refractivity contribution is -0.122. The standard InChI is InChI=1S/C18H25N5O2/c1-19-16(24)12-23-9-7-13(8-10-23)11-22(2)18-20-15-6-4-3-5-14(15)17(25)21-18/h3-6,13H,7-12H2,1-2H3,(H,19,24)(H,20,21,25). The number of fused-ring (bicyclic) bond motifs is 1. The topological polar surface area (TPSA) is 81.3 Å². The van der Waals surface area contributed by atoms with Crippen molar-refractivity contribution in [3.63, 3.8) is 0 Å². The van der Waals surface area contributed by atoms with Gasteiger partial charge in [-0.1, -0.05) is 12.1 Å². The maximum Gasteiger partial charge on any atom is 0.260 e. The molecular formula is C18H25N5O2. The van der Waals surface area contributed by atoms with Crippen molar-refractivity contribution in [2.45, 2.75) is 12.8 Å². The number of H-pyrrole nitrogens is 1. The van der Waals surface area contributed by atoms with Crippen molar-refractivity contribution in [1.29, 1.82) is 0 Å². The molecule has 0 atom stereocenters. The number of carbonyl (C=O) groups is 1. The molecular weight excluding hydrogens is 318 g/mol. The van der Waals surface area contributed by atoms with Crippen molar-refractivity contribution in [3.05, 3.63) is 34.6 Å². The quantitative estimate of drug-likeness (QED) is 0.840. The molecule has 1 saturated heterocycles. The Labute approximate surface area is 147 Å². The lowest BCUT2D eigenvalue weighted by atomic mass is 9.96. The first-order chi connectivity index (χ1) is 12.1. The molecule has 1 aromatic heterocycles. The zero-order valence-electron chi connectivity index (χ0n) is 14.8. The number of aromatic nitrogens is 2. The first-order valence-electron chi connectivity index (χ1n) is 8.70. The lowest BCUT2D eigenvalue weighted by Gasteiger charge is -2.33. The van der Waals surface area contributed by atoms with Gasteiger partial charge in [-0.15, -0.1) is 0 Å². The number of nitrogens with zero attached hydrogens (tertiary/aromatic N) is 3.